The highest BCUT2D eigenvalue weighted by Crippen LogP contribution is 2.52. The molecule has 0 aromatic carbocycles. The van der Waals surface area contributed by atoms with Crippen LogP contribution in [-0.2, 0) is 18.3 Å². The smallest absolute Gasteiger partial charge is 0.107 e. The summed E-state index contributed by atoms with van der Waals surface area (Å²) in [7, 11) is 0. The van der Waals surface area contributed by atoms with Crippen molar-refractivity contribution in [1.82, 2.24) is 0 Å². The van der Waals surface area contributed by atoms with Crippen LogP contribution >= 0.6 is 0 Å². The Morgan fingerprint density at radius 1 is 1.36 bits per heavy atom. The molecule has 1 fully saturated rings. The van der Waals surface area contributed by atoms with Gasteiger partial charge in [-0.1, -0.05) is 0 Å². The molecule has 1 saturated carbocycles. The highest BCUT2D eigenvalue weighted by atomic mass is 16.3. The molecule has 2 aliphatic rings. The summed E-state index contributed by atoms with van der Waals surface area (Å²) in [6.07, 6.45) is 5.43. The molecular weight excluding hydrogens is 174 g/mol. The third-order valence-electron chi connectivity index (χ3n) is 3.54. The standard InChI is InChI=1S/C12H13NO/c1-8-11(12(7-13)5-6-12)9-3-2-4-10(9)14-8/h2-6H2,1H3. The second-order valence-corrected chi connectivity index (χ2v) is 4.48. The fourth-order valence-electron chi connectivity index (χ4n) is 2.71. The van der Waals surface area contributed by atoms with Gasteiger partial charge in [0.25, 0.3) is 0 Å². The summed E-state index contributed by atoms with van der Waals surface area (Å²) in [5.41, 5.74) is 2.44. The SMILES string of the molecule is Cc1oc2c(c1C1(C#N)CC1)CCC2. The molecule has 0 aliphatic heterocycles. The number of hydrogen-bond donors (Lipinski definition) is 0. The summed E-state index contributed by atoms with van der Waals surface area (Å²) in [6, 6.07) is 2.47. The second kappa shape index (κ2) is 2.42. The van der Waals surface area contributed by atoms with Crippen LogP contribution in [0.2, 0.25) is 0 Å². The molecule has 72 valence electrons. The lowest BCUT2D eigenvalue weighted by molar-refractivity contribution is 0.483. The number of rotatable bonds is 1. The van der Waals surface area contributed by atoms with Crippen molar-refractivity contribution in [3.8, 4) is 6.07 Å². The van der Waals surface area contributed by atoms with E-state index in [-0.39, 0.29) is 5.41 Å². The molecule has 0 radical (unpaired) electrons. The van der Waals surface area contributed by atoms with Gasteiger partial charge < -0.3 is 4.42 Å². The van der Waals surface area contributed by atoms with E-state index >= 15 is 0 Å². The van der Waals surface area contributed by atoms with Gasteiger partial charge in [-0.3, -0.25) is 0 Å². The van der Waals surface area contributed by atoms with E-state index in [1.165, 1.54) is 17.5 Å². The van der Waals surface area contributed by atoms with E-state index in [9.17, 15) is 5.26 Å². The lowest BCUT2D eigenvalue weighted by Crippen LogP contribution is -2.05. The summed E-state index contributed by atoms with van der Waals surface area (Å²) in [4.78, 5) is 0. The van der Waals surface area contributed by atoms with Gasteiger partial charge in [-0.15, -0.1) is 0 Å². The fraction of sp³-hybridized carbons (Fsp3) is 0.583. The minimum absolute atomic E-state index is 0.161. The average Bonchev–Trinajstić information content (AvgIpc) is 2.71. The van der Waals surface area contributed by atoms with Crippen molar-refractivity contribution in [1.29, 1.82) is 5.26 Å². The van der Waals surface area contributed by atoms with Crippen molar-refractivity contribution in [3.63, 3.8) is 0 Å². The molecule has 0 bridgehead atoms. The number of furan rings is 1. The van der Waals surface area contributed by atoms with Crippen LogP contribution in [0.25, 0.3) is 0 Å². The Morgan fingerprint density at radius 3 is 2.79 bits per heavy atom. The van der Waals surface area contributed by atoms with Crippen molar-refractivity contribution in [2.24, 2.45) is 0 Å². The number of nitrogens with zero attached hydrogens (tertiary/aromatic N) is 1. The first-order chi connectivity index (χ1) is 6.77. The van der Waals surface area contributed by atoms with E-state index in [1.807, 2.05) is 6.92 Å². The Kier molecular flexibility index (Phi) is 1.40. The topological polar surface area (TPSA) is 36.9 Å². The minimum atomic E-state index is -0.161. The minimum Gasteiger partial charge on any atom is -0.466 e. The van der Waals surface area contributed by atoms with E-state index in [4.69, 9.17) is 4.42 Å². The predicted octanol–water partition coefficient (Wildman–Crippen LogP) is 2.63. The zero-order chi connectivity index (χ0) is 9.76. The number of fused-ring (bicyclic) bond motifs is 1. The summed E-state index contributed by atoms with van der Waals surface area (Å²) in [5, 5.41) is 9.19. The third-order valence-corrected chi connectivity index (χ3v) is 3.54. The van der Waals surface area contributed by atoms with Crippen LogP contribution in [0.15, 0.2) is 4.42 Å². The Hall–Kier alpha value is -1.23. The normalized spacial score (nSPS) is 21.7. The molecule has 3 rings (SSSR count). The quantitative estimate of drug-likeness (QED) is 0.677. The first-order valence-corrected chi connectivity index (χ1v) is 5.30. The first kappa shape index (κ1) is 8.11. The van der Waals surface area contributed by atoms with E-state index in [0.717, 1.165) is 37.2 Å². The van der Waals surface area contributed by atoms with Gasteiger partial charge in [0.05, 0.1) is 11.5 Å². The number of nitriles is 1. The van der Waals surface area contributed by atoms with Crippen LogP contribution < -0.4 is 0 Å². The fourth-order valence-corrected chi connectivity index (χ4v) is 2.71. The van der Waals surface area contributed by atoms with Gasteiger partial charge in [0.2, 0.25) is 0 Å². The van der Waals surface area contributed by atoms with Crippen LogP contribution in [0, 0.1) is 18.3 Å². The molecule has 1 heterocycles. The number of hydrogen-bond acceptors (Lipinski definition) is 2. The van der Waals surface area contributed by atoms with Crippen molar-refractivity contribution in [3.05, 3.63) is 22.6 Å². The van der Waals surface area contributed by atoms with Crippen molar-refractivity contribution < 1.29 is 4.42 Å². The zero-order valence-corrected chi connectivity index (χ0v) is 8.39. The van der Waals surface area contributed by atoms with Gasteiger partial charge in [0, 0.05) is 12.0 Å². The van der Waals surface area contributed by atoms with Gasteiger partial charge >= 0.3 is 0 Å². The Morgan fingerprint density at radius 2 is 2.14 bits per heavy atom. The molecule has 0 N–H and O–H groups in total. The number of aryl methyl sites for hydroxylation is 2. The molecule has 0 saturated heterocycles. The summed E-state index contributed by atoms with van der Waals surface area (Å²) in [5.74, 6) is 2.15. The molecule has 1 aromatic heterocycles. The third kappa shape index (κ3) is 0.850. The molecule has 14 heavy (non-hydrogen) atoms. The zero-order valence-electron chi connectivity index (χ0n) is 8.39. The lowest BCUT2D eigenvalue weighted by atomic mass is 9.93. The molecule has 0 spiro atoms. The Balaban J connectivity index is 2.19. The average molecular weight is 187 g/mol. The molecule has 0 atom stereocenters. The molecule has 1 aromatic rings. The molecule has 2 heteroatoms. The van der Waals surface area contributed by atoms with Crippen LogP contribution in [0.3, 0.4) is 0 Å². The molecular formula is C12H13NO. The molecule has 2 nitrogen and oxygen atoms in total. The predicted molar refractivity (Wildman–Crippen MR) is 52.0 cm³/mol. The van der Waals surface area contributed by atoms with Crippen molar-refractivity contribution in [2.75, 3.05) is 0 Å². The van der Waals surface area contributed by atoms with Crippen LogP contribution in [0.1, 0.15) is 41.9 Å². The van der Waals surface area contributed by atoms with Gasteiger partial charge in [-0.05, 0) is 38.2 Å². The van der Waals surface area contributed by atoms with Gasteiger partial charge in [-0.25, -0.2) is 0 Å². The summed E-state index contributed by atoms with van der Waals surface area (Å²) in [6.45, 7) is 2.01. The monoisotopic (exact) mass is 187 g/mol. The maximum absolute atomic E-state index is 9.19. The molecule has 0 unspecified atom stereocenters. The maximum atomic E-state index is 9.19. The lowest BCUT2D eigenvalue weighted by Gasteiger charge is -2.06. The second-order valence-electron chi connectivity index (χ2n) is 4.48. The maximum Gasteiger partial charge on any atom is 0.107 e. The summed E-state index contributed by atoms with van der Waals surface area (Å²) < 4.78 is 5.73. The van der Waals surface area contributed by atoms with Gasteiger partial charge in [-0.2, -0.15) is 5.26 Å². The van der Waals surface area contributed by atoms with Crippen molar-refractivity contribution >= 4 is 0 Å². The summed E-state index contributed by atoms with van der Waals surface area (Å²) >= 11 is 0. The first-order valence-electron chi connectivity index (χ1n) is 5.30. The van der Waals surface area contributed by atoms with E-state index in [0.29, 0.717) is 0 Å². The van der Waals surface area contributed by atoms with E-state index < -0.39 is 0 Å². The van der Waals surface area contributed by atoms with Gasteiger partial charge in [0.1, 0.15) is 11.5 Å². The van der Waals surface area contributed by atoms with Crippen LogP contribution in [-0.4, -0.2) is 0 Å². The Bertz CT molecular complexity index is 432. The van der Waals surface area contributed by atoms with Gasteiger partial charge in [0.15, 0.2) is 0 Å². The highest BCUT2D eigenvalue weighted by molar-refractivity contribution is 5.49. The van der Waals surface area contributed by atoms with Crippen LogP contribution in [0.5, 0.6) is 0 Å². The largest absolute Gasteiger partial charge is 0.466 e. The van der Waals surface area contributed by atoms with Crippen molar-refractivity contribution in [2.45, 2.75) is 44.4 Å². The highest BCUT2D eigenvalue weighted by Gasteiger charge is 2.49. The van der Waals surface area contributed by atoms with E-state index in [1.54, 1.807) is 0 Å². The molecule has 0 amide bonds. The van der Waals surface area contributed by atoms with E-state index in [2.05, 4.69) is 6.07 Å². The van der Waals surface area contributed by atoms with Crippen LogP contribution in [0.4, 0.5) is 0 Å². The molecule has 2 aliphatic carbocycles. The Labute approximate surface area is 83.5 Å².